The number of rotatable bonds is 6. The maximum Gasteiger partial charge on any atom is 0.259 e. The highest BCUT2D eigenvalue weighted by Gasteiger charge is 2.18. The van der Waals surface area contributed by atoms with Crippen molar-refractivity contribution in [2.75, 3.05) is 6.54 Å². The number of nitrogens with zero attached hydrogens (tertiary/aromatic N) is 2. The number of nitrogens with two attached hydrogens (primary N) is 1. The second kappa shape index (κ2) is 6.60. The zero-order chi connectivity index (χ0) is 16.3. The molecule has 2 aromatic rings. The molecule has 22 heavy (non-hydrogen) atoms. The molecule has 1 aromatic carbocycles. The number of sulfonamides is 1. The molecule has 0 fully saturated rings. The van der Waals surface area contributed by atoms with Crippen molar-refractivity contribution in [3.8, 4) is 0 Å². The second-order valence-corrected chi connectivity index (χ2v) is 7.37. The summed E-state index contributed by atoms with van der Waals surface area (Å²) in [5.74, 6) is 0.452. The van der Waals surface area contributed by atoms with Gasteiger partial charge in [-0.2, -0.15) is 0 Å². The van der Waals surface area contributed by atoms with Crippen LogP contribution in [-0.2, 0) is 17.1 Å². The summed E-state index contributed by atoms with van der Waals surface area (Å²) in [6.45, 7) is 4.37. The van der Waals surface area contributed by atoms with Gasteiger partial charge in [-0.05, 0) is 17.0 Å². The van der Waals surface area contributed by atoms with Crippen molar-refractivity contribution in [3.63, 3.8) is 0 Å². The third kappa shape index (κ3) is 3.94. The van der Waals surface area contributed by atoms with E-state index >= 15 is 0 Å². The lowest BCUT2D eigenvalue weighted by Gasteiger charge is -2.14. The van der Waals surface area contributed by atoms with E-state index in [9.17, 15) is 8.42 Å². The Morgan fingerprint density at radius 2 is 1.82 bits per heavy atom. The molecule has 120 valence electrons. The van der Waals surface area contributed by atoms with Gasteiger partial charge in [0.05, 0.1) is 6.33 Å². The van der Waals surface area contributed by atoms with Crippen molar-refractivity contribution in [1.29, 1.82) is 0 Å². The molecule has 0 saturated heterocycles. The summed E-state index contributed by atoms with van der Waals surface area (Å²) >= 11 is 0. The van der Waals surface area contributed by atoms with Crippen LogP contribution in [0.15, 0.2) is 41.8 Å². The SMILES string of the molecule is CC(C)c1ccc([C@@H](N)CNS(=O)(=O)c2cn(C)cn2)cc1. The summed E-state index contributed by atoms with van der Waals surface area (Å²) in [7, 11) is -1.91. The van der Waals surface area contributed by atoms with Crippen LogP contribution in [0.4, 0.5) is 0 Å². The van der Waals surface area contributed by atoms with Crippen LogP contribution in [0.5, 0.6) is 0 Å². The lowest BCUT2D eigenvalue weighted by Crippen LogP contribution is -2.32. The fourth-order valence-corrected chi connectivity index (χ4v) is 3.08. The first-order valence-electron chi connectivity index (χ1n) is 7.12. The minimum Gasteiger partial charge on any atom is -0.339 e. The first kappa shape index (κ1) is 16.7. The molecule has 3 N–H and O–H groups in total. The van der Waals surface area contributed by atoms with Gasteiger partial charge in [-0.1, -0.05) is 38.1 Å². The van der Waals surface area contributed by atoms with E-state index in [0.717, 1.165) is 5.56 Å². The van der Waals surface area contributed by atoms with Crippen LogP contribution >= 0.6 is 0 Å². The predicted octanol–water partition coefficient (Wildman–Crippen LogP) is 1.52. The minimum absolute atomic E-state index is 0.00245. The third-order valence-corrected chi connectivity index (χ3v) is 4.79. The summed E-state index contributed by atoms with van der Waals surface area (Å²) in [5.41, 5.74) is 8.18. The molecule has 1 heterocycles. The van der Waals surface area contributed by atoms with Crippen molar-refractivity contribution < 1.29 is 8.42 Å². The minimum atomic E-state index is -3.63. The average molecular weight is 322 g/mol. The van der Waals surface area contributed by atoms with Gasteiger partial charge in [0.2, 0.25) is 0 Å². The zero-order valence-corrected chi connectivity index (χ0v) is 13.8. The lowest BCUT2D eigenvalue weighted by atomic mass is 9.99. The lowest BCUT2D eigenvalue weighted by molar-refractivity contribution is 0.569. The van der Waals surface area contributed by atoms with Crippen LogP contribution in [0.25, 0.3) is 0 Å². The number of aryl methyl sites for hydroxylation is 1. The van der Waals surface area contributed by atoms with Crippen molar-refractivity contribution in [3.05, 3.63) is 47.9 Å². The molecule has 7 heteroatoms. The van der Waals surface area contributed by atoms with E-state index in [1.807, 2.05) is 24.3 Å². The Kier molecular flexibility index (Phi) is 5.00. The maximum atomic E-state index is 12.1. The Labute approximate surface area is 131 Å². The number of hydrogen-bond acceptors (Lipinski definition) is 4. The molecule has 0 saturated carbocycles. The summed E-state index contributed by atoms with van der Waals surface area (Å²) < 4.78 is 28.2. The summed E-state index contributed by atoms with van der Waals surface area (Å²) in [6.07, 6.45) is 2.89. The van der Waals surface area contributed by atoms with Crippen LogP contribution < -0.4 is 10.5 Å². The molecular weight excluding hydrogens is 300 g/mol. The monoisotopic (exact) mass is 322 g/mol. The first-order chi connectivity index (χ1) is 10.3. The Hall–Kier alpha value is -1.70. The second-order valence-electron chi connectivity index (χ2n) is 5.66. The molecule has 0 unspecified atom stereocenters. The zero-order valence-electron chi connectivity index (χ0n) is 13.0. The van der Waals surface area contributed by atoms with Crippen LogP contribution in [0.2, 0.25) is 0 Å². The fraction of sp³-hybridized carbons (Fsp3) is 0.400. The van der Waals surface area contributed by atoms with Gasteiger partial charge >= 0.3 is 0 Å². The van der Waals surface area contributed by atoms with Crippen LogP contribution in [0.3, 0.4) is 0 Å². The molecule has 0 spiro atoms. The molecule has 0 aliphatic rings. The third-order valence-electron chi connectivity index (χ3n) is 3.48. The highest BCUT2D eigenvalue weighted by atomic mass is 32.2. The van der Waals surface area contributed by atoms with Gasteiger partial charge in [-0.3, -0.25) is 0 Å². The van der Waals surface area contributed by atoms with Crippen molar-refractivity contribution in [1.82, 2.24) is 14.3 Å². The standard InChI is InChI=1S/C15H22N4O2S/c1-11(2)12-4-6-13(7-5-12)14(16)8-18-22(20,21)15-9-19(3)10-17-15/h4-7,9-11,14,18H,8,16H2,1-3H3/t14-/m0/s1. The predicted molar refractivity (Wildman–Crippen MR) is 85.9 cm³/mol. The molecule has 1 atom stereocenters. The van der Waals surface area contributed by atoms with Gasteiger partial charge in [0, 0.05) is 25.8 Å². The number of nitrogens with one attached hydrogen (secondary N) is 1. The molecule has 0 bridgehead atoms. The van der Waals surface area contributed by atoms with E-state index in [1.54, 1.807) is 11.6 Å². The number of aromatic nitrogens is 2. The average Bonchev–Trinajstić information content (AvgIpc) is 2.92. The van der Waals surface area contributed by atoms with E-state index in [-0.39, 0.29) is 11.6 Å². The van der Waals surface area contributed by atoms with Gasteiger partial charge in [0.15, 0.2) is 5.03 Å². The number of imidazole rings is 1. The summed E-state index contributed by atoms with van der Waals surface area (Å²) in [6, 6.07) is 7.52. The molecular formula is C15H22N4O2S. The molecule has 0 amide bonds. The van der Waals surface area contributed by atoms with Gasteiger partial charge in [0.25, 0.3) is 10.0 Å². The molecule has 0 aliphatic heterocycles. The van der Waals surface area contributed by atoms with Crippen molar-refractivity contribution in [2.45, 2.75) is 30.8 Å². The highest BCUT2D eigenvalue weighted by molar-refractivity contribution is 7.89. The molecule has 6 nitrogen and oxygen atoms in total. The summed E-state index contributed by atoms with van der Waals surface area (Å²) in [5, 5.41) is -0.00245. The largest absolute Gasteiger partial charge is 0.339 e. The van der Waals surface area contributed by atoms with E-state index in [0.29, 0.717) is 5.92 Å². The Morgan fingerprint density at radius 1 is 1.23 bits per heavy atom. The smallest absolute Gasteiger partial charge is 0.259 e. The molecule has 1 aromatic heterocycles. The Morgan fingerprint density at radius 3 is 2.32 bits per heavy atom. The van der Waals surface area contributed by atoms with Crippen LogP contribution in [0, 0.1) is 0 Å². The quantitative estimate of drug-likeness (QED) is 0.844. The van der Waals surface area contributed by atoms with E-state index in [2.05, 4.69) is 23.6 Å². The molecule has 2 rings (SSSR count). The van der Waals surface area contributed by atoms with E-state index in [4.69, 9.17) is 5.73 Å². The summed E-state index contributed by atoms with van der Waals surface area (Å²) in [4.78, 5) is 3.84. The first-order valence-corrected chi connectivity index (χ1v) is 8.61. The molecule has 0 aliphatic carbocycles. The normalized spacial score (nSPS) is 13.5. The van der Waals surface area contributed by atoms with Crippen LogP contribution in [-0.4, -0.2) is 24.5 Å². The Balaban J connectivity index is 2.01. The van der Waals surface area contributed by atoms with Gasteiger partial charge < -0.3 is 10.3 Å². The van der Waals surface area contributed by atoms with Crippen LogP contribution in [0.1, 0.15) is 36.9 Å². The highest BCUT2D eigenvalue weighted by Crippen LogP contribution is 2.17. The van der Waals surface area contributed by atoms with E-state index in [1.165, 1.54) is 18.1 Å². The number of benzene rings is 1. The maximum absolute atomic E-state index is 12.1. The van der Waals surface area contributed by atoms with E-state index < -0.39 is 16.1 Å². The Bertz CT molecular complexity index is 720. The molecule has 0 radical (unpaired) electrons. The van der Waals surface area contributed by atoms with Gasteiger partial charge in [-0.15, -0.1) is 0 Å². The van der Waals surface area contributed by atoms with Gasteiger partial charge in [-0.25, -0.2) is 18.1 Å². The van der Waals surface area contributed by atoms with Gasteiger partial charge in [0.1, 0.15) is 0 Å². The van der Waals surface area contributed by atoms with Crippen molar-refractivity contribution >= 4 is 10.0 Å². The fourth-order valence-electron chi connectivity index (χ4n) is 2.05. The topological polar surface area (TPSA) is 90.0 Å². The van der Waals surface area contributed by atoms with Crippen molar-refractivity contribution in [2.24, 2.45) is 12.8 Å². The number of hydrogen-bond donors (Lipinski definition) is 2.